The maximum Gasteiger partial charge on any atom is 0.436 e. The van der Waals surface area contributed by atoms with Crippen molar-refractivity contribution >= 4 is 23.3 Å². The number of carbonyl (C=O) groups is 1. The van der Waals surface area contributed by atoms with Gasteiger partial charge in [-0.3, -0.25) is 9.48 Å². The molecule has 11 heteroatoms. The van der Waals surface area contributed by atoms with Crippen molar-refractivity contribution in [1.29, 1.82) is 5.26 Å². The Morgan fingerprint density at radius 3 is 2.52 bits per heavy atom. The fourth-order valence-electron chi connectivity index (χ4n) is 2.70. The summed E-state index contributed by atoms with van der Waals surface area (Å²) in [5.41, 5.74) is -0.572. The van der Waals surface area contributed by atoms with Crippen LogP contribution in [0.3, 0.4) is 0 Å². The lowest BCUT2D eigenvalue weighted by Gasteiger charge is -2.15. The highest BCUT2D eigenvalue weighted by atomic mass is 35.5. The Morgan fingerprint density at radius 1 is 1.31 bits per heavy atom. The normalized spacial score (nSPS) is 12.4. The van der Waals surface area contributed by atoms with Crippen LogP contribution in [0.4, 0.5) is 19.0 Å². The van der Waals surface area contributed by atoms with Crippen molar-refractivity contribution in [3.8, 4) is 11.8 Å². The summed E-state index contributed by atoms with van der Waals surface area (Å²) < 4.78 is 41.4. The van der Waals surface area contributed by atoms with Crippen LogP contribution in [-0.4, -0.2) is 25.5 Å². The Labute approximate surface area is 168 Å². The minimum absolute atomic E-state index is 0.00119. The predicted molar refractivity (Wildman–Crippen MR) is 98.6 cm³/mol. The number of rotatable bonds is 4. The molecule has 0 saturated carbocycles. The maximum atomic E-state index is 13.0. The van der Waals surface area contributed by atoms with Crippen molar-refractivity contribution in [2.75, 3.05) is 5.32 Å². The van der Waals surface area contributed by atoms with Crippen molar-refractivity contribution < 1.29 is 18.0 Å². The summed E-state index contributed by atoms with van der Waals surface area (Å²) in [6.45, 7) is 2.71. The number of anilines is 1. The summed E-state index contributed by atoms with van der Waals surface area (Å²) in [7, 11) is 0. The molecule has 29 heavy (non-hydrogen) atoms. The van der Waals surface area contributed by atoms with E-state index in [1.54, 1.807) is 30.3 Å². The van der Waals surface area contributed by atoms with Crippen molar-refractivity contribution in [2.24, 2.45) is 0 Å². The quantitative estimate of drug-likeness (QED) is 0.685. The summed E-state index contributed by atoms with van der Waals surface area (Å²) in [4.78, 5) is 12.7. The number of nitriles is 1. The lowest BCUT2D eigenvalue weighted by molar-refractivity contribution is -0.141. The number of aromatic nitrogens is 4. The highest BCUT2D eigenvalue weighted by Gasteiger charge is 2.39. The SMILES string of the molecule is Cc1c(Cl)c(C(F)(F)F)nn1C(C)C(=O)Nc1c(C#N)cnn1-c1ccccc1. The molecule has 0 aliphatic rings. The number of carbonyl (C=O) groups excluding carboxylic acids is 1. The van der Waals surface area contributed by atoms with E-state index in [1.807, 2.05) is 6.07 Å². The second-order valence-corrected chi connectivity index (χ2v) is 6.50. The summed E-state index contributed by atoms with van der Waals surface area (Å²) >= 11 is 5.75. The van der Waals surface area contributed by atoms with E-state index in [0.717, 1.165) is 4.68 Å². The third kappa shape index (κ3) is 3.82. The van der Waals surface area contributed by atoms with E-state index in [4.69, 9.17) is 11.6 Å². The number of benzene rings is 1. The smallest absolute Gasteiger partial charge is 0.308 e. The first kappa shape index (κ1) is 20.4. The molecule has 1 unspecified atom stereocenters. The number of para-hydroxylation sites is 1. The molecule has 1 atom stereocenters. The maximum absolute atomic E-state index is 13.0. The van der Waals surface area contributed by atoms with Crippen LogP contribution in [-0.2, 0) is 11.0 Å². The van der Waals surface area contributed by atoms with Gasteiger partial charge in [-0.15, -0.1) is 0 Å². The van der Waals surface area contributed by atoms with Gasteiger partial charge in [0, 0.05) is 0 Å². The van der Waals surface area contributed by atoms with Gasteiger partial charge in [-0.05, 0) is 26.0 Å². The highest BCUT2D eigenvalue weighted by molar-refractivity contribution is 6.32. The molecular formula is C18H14ClF3N6O. The molecule has 150 valence electrons. The molecule has 1 aromatic carbocycles. The zero-order chi connectivity index (χ0) is 21.3. The molecule has 0 bridgehead atoms. The van der Waals surface area contributed by atoms with Crippen molar-refractivity contribution in [2.45, 2.75) is 26.1 Å². The number of amides is 1. The fraction of sp³-hybridized carbons (Fsp3) is 0.222. The van der Waals surface area contributed by atoms with Gasteiger partial charge in [-0.25, -0.2) is 4.68 Å². The average molecular weight is 423 g/mol. The van der Waals surface area contributed by atoms with E-state index in [1.165, 1.54) is 24.7 Å². The molecule has 3 aromatic rings. The summed E-state index contributed by atoms with van der Waals surface area (Å²) in [6, 6.07) is 9.54. The number of hydrogen-bond donors (Lipinski definition) is 1. The van der Waals surface area contributed by atoms with E-state index in [9.17, 15) is 23.2 Å². The van der Waals surface area contributed by atoms with Crippen LogP contribution in [0.5, 0.6) is 0 Å². The molecule has 7 nitrogen and oxygen atoms in total. The van der Waals surface area contributed by atoms with Crippen LogP contribution in [0.15, 0.2) is 36.5 Å². The fourth-order valence-corrected chi connectivity index (χ4v) is 2.94. The number of alkyl halides is 3. The molecule has 1 N–H and O–H groups in total. The minimum Gasteiger partial charge on any atom is -0.308 e. The van der Waals surface area contributed by atoms with Gasteiger partial charge in [0.15, 0.2) is 11.5 Å². The first-order chi connectivity index (χ1) is 13.6. The van der Waals surface area contributed by atoms with Gasteiger partial charge in [-0.1, -0.05) is 29.8 Å². The number of hydrogen-bond acceptors (Lipinski definition) is 4. The Hall–Kier alpha value is -3.32. The van der Waals surface area contributed by atoms with E-state index in [0.29, 0.717) is 5.69 Å². The van der Waals surface area contributed by atoms with Crippen LogP contribution in [0.1, 0.15) is 29.9 Å². The number of nitrogens with zero attached hydrogens (tertiary/aromatic N) is 5. The van der Waals surface area contributed by atoms with E-state index < -0.39 is 28.8 Å². The first-order valence-electron chi connectivity index (χ1n) is 8.31. The molecular weight excluding hydrogens is 409 g/mol. The summed E-state index contributed by atoms with van der Waals surface area (Å²) in [5, 5.41) is 18.9. The molecule has 2 heterocycles. The monoisotopic (exact) mass is 422 g/mol. The standard InChI is InChI=1S/C18H14ClF3N6O/c1-10-14(19)15(18(20,21)22)26-27(10)11(2)17(29)25-16-12(8-23)9-24-28(16)13-6-4-3-5-7-13/h3-7,9,11H,1-2H3,(H,25,29). The zero-order valence-corrected chi connectivity index (χ0v) is 16.0. The predicted octanol–water partition coefficient (Wildman–Crippen LogP) is 4.12. The Kier molecular flexibility index (Phi) is 5.35. The van der Waals surface area contributed by atoms with Crippen LogP contribution < -0.4 is 5.32 Å². The molecule has 0 saturated heterocycles. The van der Waals surface area contributed by atoms with E-state index in [2.05, 4.69) is 15.5 Å². The lowest BCUT2D eigenvalue weighted by Crippen LogP contribution is -2.27. The average Bonchev–Trinajstić information content (AvgIpc) is 3.22. The lowest BCUT2D eigenvalue weighted by atomic mass is 10.2. The Morgan fingerprint density at radius 2 is 1.97 bits per heavy atom. The second kappa shape index (κ2) is 7.60. The van der Waals surface area contributed by atoms with Crippen LogP contribution >= 0.6 is 11.6 Å². The van der Waals surface area contributed by atoms with Gasteiger partial charge < -0.3 is 5.32 Å². The van der Waals surface area contributed by atoms with Crippen molar-refractivity contribution in [3.05, 3.63) is 58.5 Å². The van der Waals surface area contributed by atoms with Gasteiger partial charge in [0.2, 0.25) is 5.91 Å². The summed E-state index contributed by atoms with van der Waals surface area (Å²) in [6.07, 6.45) is -3.46. The molecule has 2 aromatic heterocycles. The second-order valence-electron chi connectivity index (χ2n) is 6.12. The molecule has 0 radical (unpaired) electrons. The van der Waals surface area contributed by atoms with E-state index >= 15 is 0 Å². The van der Waals surface area contributed by atoms with Gasteiger partial charge in [0.1, 0.15) is 17.7 Å². The third-order valence-electron chi connectivity index (χ3n) is 4.22. The molecule has 0 aliphatic carbocycles. The van der Waals surface area contributed by atoms with Crippen LogP contribution in [0.25, 0.3) is 5.69 Å². The van der Waals surface area contributed by atoms with Crippen molar-refractivity contribution in [1.82, 2.24) is 19.6 Å². The molecule has 0 spiro atoms. The van der Waals surface area contributed by atoms with Crippen molar-refractivity contribution in [3.63, 3.8) is 0 Å². The topological polar surface area (TPSA) is 88.5 Å². The molecule has 3 rings (SSSR count). The third-order valence-corrected chi connectivity index (χ3v) is 4.68. The van der Waals surface area contributed by atoms with Gasteiger partial charge in [0.05, 0.1) is 22.6 Å². The zero-order valence-electron chi connectivity index (χ0n) is 15.2. The van der Waals surface area contributed by atoms with Crippen LogP contribution in [0.2, 0.25) is 5.02 Å². The Balaban J connectivity index is 1.94. The van der Waals surface area contributed by atoms with E-state index in [-0.39, 0.29) is 17.1 Å². The van der Waals surface area contributed by atoms with Gasteiger partial charge in [-0.2, -0.15) is 28.6 Å². The summed E-state index contributed by atoms with van der Waals surface area (Å²) in [5.74, 6) is -0.585. The largest absolute Gasteiger partial charge is 0.436 e. The first-order valence-corrected chi connectivity index (χ1v) is 8.69. The molecule has 0 fully saturated rings. The number of nitrogens with one attached hydrogen (secondary N) is 1. The molecule has 0 aliphatic heterocycles. The minimum atomic E-state index is -4.75. The number of halogens is 4. The highest BCUT2D eigenvalue weighted by Crippen LogP contribution is 2.36. The molecule has 1 amide bonds. The van der Waals surface area contributed by atoms with Gasteiger partial charge >= 0.3 is 6.18 Å². The van der Waals surface area contributed by atoms with Gasteiger partial charge in [0.25, 0.3) is 0 Å². The Bertz CT molecular complexity index is 1100. The van der Waals surface area contributed by atoms with Crippen LogP contribution in [0, 0.1) is 18.3 Å².